The van der Waals surface area contributed by atoms with Gasteiger partial charge in [0.2, 0.25) is 0 Å². The number of nitrogens with one attached hydrogen (secondary N) is 1. The van der Waals surface area contributed by atoms with Crippen molar-refractivity contribution in [3.05, 3.63) is 35.6 Å². The highest BCUT2D eigenvalue weighted by Gasteiger charge is 2.36. The summed E-state index contributed by atoms with van der Waals surface area (Å²) in [6.45, 7) is 1.57. The van der Waals surface area contributed by atoms with Crippen molar-refractivity contribution < 1.29 is 14.6 Å². The lowest BCUT2D eigenvalue weighted by atomic mass is 9.75. The van der Waals surface area contributed by atoms with Gasteiger partial charge in [-0.15, -0.1) is 0 Å². The van der Waals surface area contributed by atoms with Gasteiger partial charge in [-0.2, -0.15) is 0 Å². The van der Waals surface area contributed by atoms with E-state index in [2.05, 4.69) is 5.32 Å². The van der Waals surface area contributed by atoms with Gasteiger partial charge in [0, 0.05) is 6.04 Å². The summed E-state index contributed by atoms with van der Waals surface area (Å²) < 4.78 is 13.6. The number of aliphatic hydroxyl groups excluding tert-OH is 2. The number of halogens is 1. The topological polar surface area (TPSA) is 52.5 Å². The lowest BCUT2D eigenvalue weighted by Crippen LogP contribution is -2.56. The minimum Gasteiger partial charge on any atom is -0.394 e. The van der Waals surface area contributed by atoms with Crippen LogP contribution in [0.3, 0.4) is 0 Å². The van der Waals surface area contributed by atoms with Crippen molar-refractivity contribution in [2.45, 2.75) is 37.3 Å². The molecule has 0 saturated heterocycles. The Morgan fingerprint density at radius 2 is 1.89 bits per heavy atom. The third kappa shape index (κ3) is 2.71. The maximum Gasteiger partial charge on any atom is 0.126 e. The van der Waals surface area contributed by atoms with Crippen molar-refractivity contribution in [3.63, 3.8) is 0 Å². The van der Waals surface area contributed by atoms with Gasteiger partial charge in [-0.1, -0.05) is 18.2 Å². The molecule has 0 radical (unpaired) electrons. The van der Waals surface area contributed by atoms with Gasteiger partial charge in [-0.25, -0.2) is 4.39 Å². The van der Waals surface area contributed by atoms with E-state index in [1.807, 2.05) is 12.1 Å². The SMILES string of the molecule is CC(CO)(CO)NC1CC(c2ccccc2F)C1. The third-order valence-corrected chi connectivity index (χ3v) is 3.73. The molecule has 0 atom stereocenters. The average molecular weight is 253 g/mol. The molecule has 1 aliphatic rings. The van der Waals surface area contributed by atoms with Crippen LogP contribution in [0.1, 0.15) is 31.2 Å². The number of aliphatic hydroxyl groups is 2. The fraction of sp³-hybridized carbons (Fsp3) is 0.571. The third-order valence-electron chi connectivity index (χ3n) is 3.73. The maximum atomic E-state index is 13.6. The van der Waals surface area contributed by atoms with Crippen LogP contribution in [-0.2, 0) is 0 Å². The zero-order valence-corrected chi connectivity index (χ0v) is 10.6. The molecule has 0 amide bonds. The predicted octanol–water partition coefficient (Wildman–Crippen LogP) is 1.40. The summed E-state index contributed by atoms with van der Waals surface area (Å²) in [5.74, 6) is 0.0957. The highest BCUT2D eigenvalue weighted by atomic mass is 19.1. The van der Waals surface area contributed by atoms with Gasteiger partial charge in [-0.3, -0.25) is 0 Å². The molecule has 0 unspecified atom stereocenters. The molecule has 0 spiro atoms. The molecule has 3 nitrogen and oxygen atoms in total. The minimum absolute atomic E-state index is 0.107. The molecule has 4 heteroatoms. The van der Waals surface area contributed by atoms with Gasteiger partial charge in [0.15, 0.2) is 0 Å². The van der Waals surface area contributed by atoms with Gasteiger partial charge in [0.1, 0.15) is 5.82 Å². The molecule has 1 saturated carbocycles. The maximum absolute atomic E-state index is 13.6. The Morgan fingerprint density at radius 3 is 2.44 bits per heavy atom. The van der Waals surface area contributed by atoms with E-state index in [4.69, 9.17) is 0 Å². The molecule has 2 rings (SSSR count). The van der Waals surface area contributed by atoms with E-state index < -0.39 is 5.54 Å². The van der Waals surface area contributed by atoms with Crippen LogP contribution in [0.5, 0.6) is 0 Å². The van der Waals surface area contributed by atoms with Gasteiger partial charge < -0.3 is 15.5 Å². The molecule has 1 aromatic carbocycles. The lowest BCUT2D eigenvalue weighted by molar-refractivity contribution is 0.0777. The standard InChI is InChI=1S/C14H20FNO2/c1-14(8-17,9-18)16-11-6-10(7-11)12-4-2-3-5-13(12)15/h2-5,10-11,16-18H,6-9H2,1H3. The highest BCUT2D eigenvalue weighted by molar-refractivity contribution is 5.24. The minimum atomic E-state index is -0.648. The van der Waals surface area contributed by atoms with Crippen LogP contribution in [-0.4, -0.2) is 35.0 Å². The molecule has 18 heavy (non-hydrogen) atoms. The second-order valence-corrected chi connectivity index (χ2v) is 5.41. The second kappa shape index (κ2) is 5.34. The molecule has 1 aromatic rings. The van der Waals surface area contributed by atoms with E-state index in [1.165, 1.54) is 6.07 Å². The molecular weight excluding hydrogens is 233 g/mol. The quantitative estimate of drug-likeness (QED) is 0.743. The van der Waals surface area contributed by atoms with E-state index in [0.29, 0.717) is 0 Å². The first kappa shape index (κ1) is 13.5. The monoisotopic (exact) mass is 253 g/mol. The zero-order chi connectivity index (χ0) is 13.2. The second-order valence-electron chi connectivity index (χ2n) is 5.41. The van der Waals surface area contributed by atoms with Crippen molar-refractivity contribution in [2.75, 3.05) is 13.2 Å². The van der Waals surface area contributed by atoms with Gasteiger partial charge in [-0.05, 0) is 37.3 Å². The molecule has 100 valence electrons. The van der Waals surface area contributed by atoms with E-state index in [9.17, 15) is 14.6 Å². The molecule has 0 aromatic heterocycles. The number of hydrogen-bond acceptors (Lipinski definition) is 3. The van der Waals surface area contributed by atoms with Crippen LogP contribution in [0, 0.1) is 5.82 Å². The molecule has 0 aliphatic heterocycles. The summed E-state index contributed by atoms with van der Waals surface area (Å²) in [7, 11) is 0. The van der Waals surface area contributed by atoms with E-state index >= 15 is 0 Å². The van der Waals surface area contributed by atoms with Crippen LogP contribution >= 0.6 is 0 Å². The Kier molecular flexibility index (Phi) is 4.00. The smallest absolute Gasteiger partial charge is 0.126 e. The Labute approximate surface area is 107 Å². The predicted molar refractivity (Wildman–Crippen MR) is 67.9 cm³/mol. The van der Waals surface area contributed by atoms with Crippen LogP contribution < -0.4 is 5.32 Å². The van der Waals surface area contributed by atoms with Crippen molar-refractivity contribution in [3.8, 4) is 0 Å². The van der Waals surface area contributed by atoms with Crippen LogP contribution in [0.2, 0.25) is 0 Å². The van der Waals surface area contributed by atoms with E-state index in [0.717, 1.165) is 18.4 Å². The summed E-state index contributed by atoms with van der Waals surface area (Å²) in [6, 6.07) is 7.10. The number of rotatable bonds is 5. The van der Waals surface area contributed by atoms with E-state index in [-0.39, 0.29) is 31.0 Å². The molecule has 3 N–H and O–H groups in total. The van der Waals surface area contributed by atoms with Gasteiger partial charge in [0.05, 0.1) is 18.8 Å². The largest absolute Gasteiger partial charge is 0.394 e. The Balaban J connectivity index is 1.90. The van der Waals surface area contributed by atoms with Crippen molar-refractivity contribution in [2.24, 2.45) is 0 Å². The van der Waals surface area contributed by atoms with Crippen LogP contribution in [0.4, 0.5) is 4.39 Å². The first-order chi connectivity index (χ1) is 8.58. The Morgan fingerprint density at radius 1 is 1.28 bits per heavy atom. The summed E-state index contributed by atoms with van der Waals surface area (Å²) >= 11 is 0. The molecular formula is C14H20FNO2. The van der Waals surface area contributed by atoms with Crippen molar-refractivity contribution in [1.82, 2.24) is 5.32 Å². The van der Waals surface area contributed by atoms with Gasteiger partial charge in [0.25, 0.3) is 0 Å². The van der Waals surface area contributed by atoms with Gasteiger partial charge >= 0.3 is 0 Å². The van der Waals surface area contributed by atoms with Crippen LogP contribution in [0.15, 0.2) is 24.3 Å². The number of benzene rings is 1. The fourth-order valence-corrected chi connectivity index (χ4v) is 2.43. The molecule has 0 bridgehead atoms. The first-order valence-electron chi connectivity index (χ1n) is 6.32. The molecule has 1 aliphatic carbocycles. The van der Waals surface area contributed by atoms with Crippen LogP contribution in [0.25, 0.3) is 0 Å². The highest BCUT2D eigenvalue weighted by Crippen LogP contribution is 2.38. The zero-order valence-electron chi connectivity index (χ0n) is 10.6. The summed E-state index contributed by atoms with van der Waals surface area (Å²) in [5, 5.41) is 21.6. The first-order valence-corrected chi connectivity index (χ1v) is 6.32. The fourth-order valence-electron chi connectivity index (χ4n) is 2.43. The summed E-state index contributed by atoms with van der Waals surface area (Å²) in [6.07, 6.45) is 1.69. The Hall–Kier alpha value is -0.970. The normalized spacial score (nSPS) is 23.8. The van der Waals surface area contributed by atoms with Crippen molar-refractivity contribution >= 4 is 0 Å². The Bertz CT molecular complexity index is 401. The average Bonchev–Trinajstić information content (AvgIpc) is 2.34. The van der Waals surface area contributed by atoms with Crippen molar-refractivity contribution in [1.29, 1.82) is 0 Å². The number of hydrogen-bond donors (Lipinski definition) is 3. The summed E-state index contributed by atoms with van der Waals surface area (Å²) in [4.78, 5) is 0. The molecule has 0 heterocycles. The molecule has 1 fully saturated rings. The summed E-state index contributed by atoms with van der Waals surface area (Å²) in [5.41, 5.74) is 0.121. The lowest BCUT2D eigenvalue weighted by Gasteiger charge is -2.41. The van der Waals surface area contributed by atoms with E-state index in [1.54, 1.807) is 13.0 Å².